The second kappa shape index (κ2) is 5.29. The summed E-state index contributed by atoms with van der Waals surface area (Å²) in [4.78, 5) is 0.219. The van der Waals surface area contributed by atoms with Crippen LogP contribution < -0.4 is 5.73 Å². The summed E-state index contributed by atoms with van der Waals surface area (Å²) in [6.07, 6.45) is 0. The summed E-state index contributed by atoms with van der Waals surface area (Å²) < 4.78 is 25.0. The van der Waals surface area contributed by atoms with Gasteiger partial charge in [0.2, 0.25) is 0 Å². The molecule has 0 bridgehead atoms. The molecule has 2 rings (SSSR count). The Balaban J connectivity index is 2.43. The smallest absolute Gasteiger partial charge is 0.184 e. The van der Waals surface area contributed by atoms with Gasteiger partial charge in [-0.25, -0.2) is 8.42 Å². The molecule has 2 aromatic rings. The van der Waals surface area contributed by atoms with E-state index in [1.165, 1.54) is 0 Å². The third-order valence-corrected chi connectivity index (χ3v) is 4.88. The van der Waals surface area contributed by atoms with Crippen molar-refractivity contribution < 1.29 is 8.42 Å². The van der Waals surface area contributed by atoms with Gasteiger partial charge in [0.25, 0.3) is 0 Å². The summed E-state index contributed by atoms with van der Waals surface area (Å²) in [6, 6.07) is 10.9. The fraction of sp³-hybridized carbons (Fsp3) is 0.250. The molecule has 0 aliphatic heterocycles. The Kier molecular flexibility index (Phi) is 3.86. The third-order valence-electron chi connectivity index (χ3n) is 3.14. The van der Waals surface area contributed by atoms with Crippen LogP contribution in [-0.2, 0) is 15.6 Å². The van der Waals surface area contributed by atoms with Gasteiger partial charge in [0, 0.05) is 0 Å². The predicted molar refractivity (Wildman–Crippen MR) is 82.4 cm³/mol. The number of anilines is 1. The molecule has 4 heteroatoms. The van der Waals surface area contributed by atoms with Crippen LogP contribution in [0.5, 0.6) is 0 Å². The van der Waals surface area contributed by atoms with Crippen LogP contribution in [0.3, 0.4) is 0 Å². The lowest BCUT2D eigenvalue weighted by Gasteiger charge is -2.10. The topological polar surface area (TPSA) is 60.2 Å². The van der Waals surface area contributed by atoms with E-state index in [0.29, 0.717) is 5.69 Å². The number of rotatable bonds is 3. The van der Waals surface area contributed by atoms with Crippen molar-refractivity contribution in [3.63, 3.8) is 0 Å². The Morgan fingerprint density at radius 2 is 1.50 bits per heavy atom. The molecule has 0 fully saturated rings. The fourth-order valence-electron chi connectivity index (χ4n) is 2.36. The zero-order chi connectivity index (χ0) is 14.9. The zero-order valence-electron chi connectivity index (χ0n) is 12.0. The molecule has 0 aliphatic carbocycles. The standard InChI is InChI=1S/C16H19NO2S/c1-11-4-5-15(17)16(9-11)20(18,19)10-14-7-12(2)6-13(3)8-14/h4-9H,10,17H2,1-3H3. The molecule has 0 radical (unpaired) electrons. The molecule has 0 atom stereocenters. The largest absolute Gasteiger partial charge is 0.398 e. The summed E-state index contributed by atoms with van der Waals surface area (Å²) in [7, 11) is -3.43. The lowest BCUT2D eigenvalue weighted by molar-refractivity contribution is 0.595. The Hall–Kier alpha value is -1.81. The molecule has 106 valence electrons. The molecule has 0 aromatic heterocycles. The number of hydrogen-bond donors (Lipinski definition) is 1. The van der Waals surface area contributed by atoms with Gasteiger partial charge in [0.15, 0.2) is 9.84 Å². The van der Waals surface area contributed by atoms with E-state index in [1.54, 1.807) is 12.1 Å². The van der Waals surface area contributed by atoms with Gasteiger partial charge in [-0.15, -0.1) is 0 Å². The molecule has 2 N–H and O–H groups in total. The van der Waals surface area contributed by atoms with Gasteiger partial charge in [-0.05, 0) is 44.0 Å². The highest BCUT2D eigenvalue weighted by Gasteiger charge is 2.18. The van der Waals surface area contributed by atoms with Gasteiger partial charge in [-0.2, -0.15) is 0 Å². The highest BCUT2D eigenvalue weighted by molar-refractivity contribution is 7.90. The first-order chi connectivity index (χ1) is 9.28. The average molecular weight is 289 g/mol. The van der Waals surface area contributed by atoms with Crippen LogP contribution in [0.15, 0.2) is 41.3 Å². The molecule has 0 amide bonds. The van der Waals surface area contributed by atoms with Crippen molar-refractivity contribution in [2.75, 3.05) is 5.73 Å². The van der Waals surface area contributed by atoms with E-state index in [4.69, 9.17) is 5.73 Å². The number of sulfone groups is 1. The lowest BCUT2D eigenvalue weighted by atomic mass is 10.1. The quantitative estimate of drug-likeness (QED) is 0.883. The first-order valence-electron chi connectivity index (χ1n) is 6.44. The van der Waals surface area contributed by atoms with Gasteiger partial charge in [-0.3, -0.25) is 0 Å². The van der Waals surface area contributed by atoms with Crippen molar-refractivity contribution in [3.05, 3.63) is 58.7 Å². The first kappa shape index (κ1) is 14.6. The number of nitrogen functional groups attached to an aromatic ring is 1. The van der Waals surface area contributed by atoms with E-state index in [-0.39, 0.29) is 10.6 Å². The maximum absolute atomic E-state index is 12.5. The Bertz CT molecular complexity index is 729. The SMILES string of the molecule is Cc1cc(C)cc(CS(=O)(=O)c2cc(C)ccc2N)c1. The minimum atomic E-state index is -3.43. The molecule has 0 heterocycles. The number of benzene rings is 2. The van der Waals surface area contributed by atoms with Crippen LogP contribution in [-0.4, -0.2) is 8.42 Å². The molecule has 0 spiro atoms. The van der Waals surface area contributed by atoms with Crippen molar-refractivity contribution in [2.45, 2.75) is 31.4 Å². The van der Waals surface area contributed by atoms with Crippen molar-refractivity contribution in [2.24, 2.45) is 0 Å². The van der Waals surface area contributed by atoms with Gasteiger partial charge >= 0.3 is 0 Å². The summed E-state index contributed by atoms with van der Waals surface area (Å²) in [5.41, 5.74) is 9.92. The first-order valence-corrected chi connectivity index (χ1v) is 8.09. The highest BCUT2D eigenvalue weighted by atomic mass is 32.2. The average Bonchev–Trinajstić information content (AvgIpc) is 2.30. The van der Waals surface area contributed by atoms with E-state index in [9.17, 15) is 8.42 Å². The Morgan fingerprint density at radius 1 is 0.900 bits per heavy atom. The number of hydrogen-bond acceptors (Lipinski definition) is 3. The van der Waals surface area contributed by atoms with Crippen molar-refractivity contribution >= 4 is 15.5 Å². The van der Waals surface area contributed by atoms with Gasteiger partial charge in [-0.1, -0.05) is 35.4 Å². The maximum atomic E-state index is 12.5. The lowest BCUT2D eigenvalue weighted by Crippen LogP contribution is -2.08. The normalized spacial score (nSPS) is 11.6. The number of nitrogens with two attached hydrogens (primary N) is 1. The molecule has 2 aromatic carbocycles. The number of aryl methyl sites for hydroxylation is 3. The summed E-state index contributed by atoms with van der Waals surface area (Å²) in [5.74, 6) is -0.0246. The van der Waals surface area contributed by atoms with Crippen LogP contribution in [0, 0.1) is 20.8 Å². The minimum Gasteiger partial charge on any atom is -0.398 e. The van der Waals surface area contributed by atoms with Crippen LogP contribution in [0.4, 0.5) is 5.69 Å². The molecule has 20 heavy (non-hydrogen) atoms. The van der Waals surface area contributed by atoms with Crippen molar-refractivity contribution in [1.29, 1.82) is 0 Å². The summed E-state index contributed by atoms with van der Waals surface area (Å²) in [5, 5.41) is 0. The molecule has 0 aliphatic rings. The molecule has 0 unspecified atom stereocenters. The molecular formula is C16H19NO2S. The van der Waals surface area contributed by atoms with Crippen LogP contribution >= 0.6 is 0 Å². The van der Waals surface area contributed by atoms with Crippen molar-refractivity contribution in [1.82, 2.24) is 0 Å². The minimum absolute atomic E-state index is 0.0246. The van der Waals surface area contributed by atoms with Gasteiger partial charge < -0.3 is 5.73 Å². The second-order valence-electron chi connectivity index (χ2n) is 5.30. The second-order valence-corrected chi connectivity index (χ2v) is 7.25. The van der Waals surface area contributed by atoms with E-state index in [1.807, 2.05) is 45.0 Å². The summed E-state index contributed by atoms with van der Waals surface area (Å²) >= 11 is 0. The van der Waals surface area contributed by atoms with Crippen LogP contribution in [0.2, 0.25) is 0 Å². The van der Waals surface area contributed by atoms with Crippen molar-refractivity contribution in [3.8, 4) is 0 Å². The monoisotopic (exact) mass is 289 g/mol. The zero-order valence-corrected chi connectivity index (χ0v) is 12.8. The predicted octanol–water partition coefficient (Wildman–Crippen LogP) is 3.17. The maximum Gasteiger partial charge on any atom is 0.184 e. The fourth-order valence-corrected chi connectivity index (χ4v) is 3.91. The van der Waals surface area contributed by atoms with E-state index in [0.717, 1.165) is 22.3 Å². The molecule has 0 saturated heterocycles. The Morgan fingerprint density at radius 3 is 2.10 bits per heavy atom. The van der Waals surface area contributed by atoms with E-state index < -0.39 is 9.84 Å². The van der Waals surface area contributed by atoms with E-state index in [2.05, 4.69) is 0 Å². The Labute approximate surface area is 120 Å². The van der Waals surface area contributed by atoms with Crippen LogP contribution in [0.25, 0.3) is 0 Å². The molecular weight excluding hydrogens is 270 g/mol. The highest BCUT2D eigenvalue weighted by Crippen LogP contribution is 2.24. The molecule has 3 nitrogen and oxygen atoms in total. The van der Waals surface area contributed by atoms with E-state index >= 15 is 0 Å². The van der Waals surface area contributed by atoms with Gasteiger partial charge in [0.1, 0.15) is 0 Å². The van der Waals surface area contributed by atoms with Crippen LogP contribution in [0.1, 0.15) is 22.3 Å². The third kappa shape index (κ3) is 3.20. The summed E-state index contributed by atoms with van der Waals surface area (Å²) in [6.45, 7) is 5.78. The van der Waals surface area contributed by atoms with Gasteiger partial charge in [0.05, 0.1) is 16.3 Å². The molecule has 0 saturated carbocycles.